The maximum Gasteiger partial charge on any atom is 1.00 e. The Balaban J connectivity index is -0.000000107. The fraction of sp³-hybridized carbons (Fsp3) is 1.00. The summed E-state index contributed by atoms with van der Waals surface area (Å²) in [6, 6.07) is 0. The van der Waals surface area contributed by atoms with Crippen LogP contribution in [0.4, 0.5) is 0 Å². The van der Waals surface area contributed by atoms with Crippen LogP contribution >= 0.6 is 0 Å². The molecule has 66 valence electrons. The van der Waals surface area contributed by atoms with E-state index in [1.165, 1.54) is 20.8 Å². The van der Waals surface area contributed by atoms with E-state index in [-0.39, 0.29) is 37.1 Å². The third-order valence-corrected chi connectivity index (χ3v) is 1.07. The molecule has 0 atom stereocenters. The Morgan fingerprint density at radius 3 is 1.64 bits per heavy atom. The minimum atomic E-state index is -4.28. The summed E-state index contributed by atoms with van der Waals surface area (Å²) >= 11 is 0. The molecule has 0 heterocycles. The summed E-state index contributed by atoms with van der Waals surface area (Å²) in [5, 5.41) is 0. The van der Waals surface area contributed by atoms with Gasteiger partial charge in [-0.3, -0.25) is 4.55 Å². The van der Waals surface area contributed by atoms with Crippen molar-refractivity contribution in [1.82, 2.24) is 6.15 Å². The third kappa shape index (κ3) is 18.1. The van der Waals surface area contributed by atoms with Crippen LogP contribution in [-0.2, 0) is 14.6 Å². The van der Waals surface area contributed by atoms with Crippen molar-refractivity contribution < 1.29 is 48.1 Å². The van der Waals surface area contributed by atoms with Crippen LogP contribution in [0.15, 0.2) is 0 Å². The minimum absolute atomic E-state index is 0. The van der Waals surface area contributed by atoms with E-state index < -0.39 is 16.0 Å². The van der Waals surface area contributed by atoms with Crippen molar-refractivity contribution in [1.29, 1.82) is 0 Å². The average molecular weight is 195 g/mol. The van der Waals surface area contributed by atoms with Gasteiger partial charge in [-0.2, -0.15) is 8.42 Å². The van der Waals surface area contributed by atoms with E-state index >= 15 is 0 Å². The molecule has 0 spiro atoms. The van der Waals surface area contributed by atoms with E-state index in [9.17, 15) is 8.42 Å². The second-order valence-corrected chi connectivity index (χ2v) is 3.65. The monoisotopic (exact) mass is 195 g/mol. The van der Waals surface area contributed by atoms with E-state index in [4.69, 9.17) is 4.55 Å². The van der Waals surface area contributed by atoms with Gasteiger partial charge < -0.3 is 7.58 Å². The predicted molar refractivity (Wildman–Crippen MR) is 38.5 cm³/mol. The zero-order valence-corrected chi connectivity index (χ0v) is 10.1. The average Bonchev–Trinajstić information content (AvgIpc) is 1.14. The van der Waals surface area contributed by atoms with Crippen molar-refractivity contribution in [2.45, 2.75) is 26.4 Å². The van der Waals surface area contributed by atoms with Crippen LogP contribution in [0.3, 0.4) is 0 Å². The standard InChI is InChI=1S/C4H10O4S.H3N.Na.H/c1-4(2,3)8-9(5,6)7;;;/h1-3H3,(H,5,6,7);1H3;;/q;;+1;-1. The van der Waals surface area contributed by atoms with Crippen LogP contribution in [0.5, 0.6) is 0 Å². The Labute approximate surface area is 90.8 Å². The maximum absolute atomic E-state index is 9.98. The van der Waals surface area contributed by atoms with Crippen LogP contribution in [0.2, 0.25) is 0 Å². The molecule has 0 radical (unpaired) electrons. The van der Waals surface area contributed by atoms with Crippen LogP contribution in [-0.4, -0.2) is 18.6 Å². The van der Waals surface area contributed by atoms with Gasteiger partial charge in [-0.15, -0.1) is 0 Å². The molecule has 0 amide bonds. The summed E-state index contributed by atoms with van der Waals surface area (Å²) in [6.45, 7) is 4.59. The first-order chi connectivity index (χ1) is 3.71. The van der Waals surface area contributed by atoms with Crippen LogP contribution < -0.4 is 35.7 Å². The molecule has 7 heteroatoms. The van der Waals surface area contributed by atoms with Gasteiger partial charge in [-0.25, -0.2) is 4.18 Å². The van der Waals surface area contributed by atoms with Gasteiger partial charge in [0.2, 0.25) is 0 Å². The summed E-state index contributed by atoms with van der Waals surface area (Å²) in [7, 11) is -4.28. The number of rotatable bonds is 1. The first kappa shape index (κ1) is 17.8. The maximum atomic E-state index is 9.98. The van der Waals surface area contributed by atoms with Gasteiger partial charge in [0.25, 0.3) is 0 Å². The van der Waals surface area contributed by atoms with Crippen LogP contribution in [0, 0.1) is 0 Å². The summed E-state index contributed by atoms with van der Waals surface area (Å²) in [6.07, 6.45) is 0. The molecule has 0 aromatic heterocycles. The molecule has 0 saturated heterocycles. The predicted octanol–water partition coefficient (Wildman–Crippen LogP) is -2.12. The van der Waals surface area contributed by atoms with Crippen LogP contribution in [0.25, 0.3) is 0 Å². The molecule has 0 aliphatic carbocycles. The van der Waals surface area contributed by atoms with E-state index in [0.29, 0.717) is 0 Å². The number of hydrogen-bond acceptors (Lipinski definition) is 4. The molecule has 0 aromatic carbocycles. The zero-order valence-electron chi connectivity index (χ0n) is 8.29. The second kappa shape index (κ2) is 5.47. The topological polar surface area (TPSA) is 98.6 Å². The first-order valence-electron chi connectivity index (χ1n) is 2.39. The molecule has 0 saturated carbocycles. The molecular weight excluding hydrogens is 181 g/mol. The van der Waals surface area contributed by atoms with E-state index in [1.54, 1.807) is 0 Å². The Morgan fingerprint density at radius 2 is 1.64 bits per heavy atom. The van der Waals surface area contributed by atoms with Gasteiger partial charge in [0.1, 0.15) is 0 Å². The molecular formula is C4H14NNaO4S. The molecule has 0 bridgehead atoms. The Morgan fingerprint density at radius 1 is 1.36 bits per heavy atom. The van der Waals surface area contributed by atoms with Gasteiger partial charge in [0.15, 0.2) is 0 Å². The zero-order chi connectivity index (χ0) is 7.71. The SMILES string of the molecule is CC(C)(C)OS(=O)(=O)O.N.[H-].[Na+]. The molecule has 0 aromatic rings. The molecule has 0 fully saturated rings. The summed E-state index contributed by atoms with van der Waals surface area (Å²) in [5.41, 5.74) is -0.854. The fourth-order valence-corrected chi connectivity index (χ4v) is 0.948. The number of hydrogen-bond donors (Lipinski definition) is 2. The van der Waals surface area contributed by atoms with Gasteiger partial charge in [0.05, 0.1) is 5.60 Å². The first-order valence-corrected chi connectivity index (χ1v) is 3.75. The molecule has 0 aliphatic heterocycles. The molecule has 0 unspecified atom stereocenters. The van der Waals surface area contributed by atoms with Gasteiger partial charge in [0, 0.05) is 0 Å². The molecule has 4 N–H and O–H groups in total. The van der Waals surface area contributed by atoms with Crippen molar-refractivity contribution in [3.63, 3.8) is 0 Å². The molecule has 0 rings (SSSR count). The van der Waals surface area contributed by atoms with E-state index in [0.717, 1.165) is 0 Å². The summed E-state index contributed by atoms with van der Waals surface area (Å²) < 4.78 is 32.2. The summed E-state index contributed by atoms with van der Waals surface area (Å²) in [5.74, 6) is 0. The smallest absolute Gasteiger partial charge is 1.00 e. The second-order valence-electron chi connectivity index (χ2n) is 2.62. The third-order valence-electron chi connectivity index (χ3n) is 0.355. The van der Waals surface area contributed by atoms with Gasteiger partial charge in [-0.05, 0) is 20.8 Å². The molecule has 11 heavy (non-hydrogen) atoms. The van der Waals surface area contributed by atoms with E-state index in [1.807, 2.05) is 0 Å². The van der Waals surface area contributed by atoms with Crippen molar-refractivity contribution in [2.75, 3.05) is 0 Å². The van der Waals surface area contributed by atoms with Gasteiger partial charge >= 0.3 is 40.0 Å². The Hall–Kier alpha value is 0.830. The Bertz CT molecular complexity index is 188. The quantitative estimate of drug-likeness (QED) is 0.368. The van der Waals surface area contributed by atoms with E-state index in [2.05, 4.69) is 4.18 Å². The molecule has 5 nitrogen and oxygen atoms in total. The van der Waals surface area contributed by atoms with Gasteiger partial charge in [-0.1, -0.05) is 0 Å². The largest absolute Gasteiger partial charge is 1.00 e. The van der Waals surface area contributed by atoms with Crippen LogP contribution in [0.1, 0.15) is 22.2 Å². The normalized spacial score (nSPS) is 11.3. The van der Waals surface area contributed by atoms with Crippen molar-refractivity contribution in [3.05, 3.63) is 0 Å². The fourth-order valence-electron chi connectivity index (χ4n) is 0.316. The van der Waals surface area contributed by atoms with Crippen molar-refractivity contribution in [2.24, 2.45) is 0 Å². The van der Waals surface area contributed by atoms with Crippen molar-refractivity contribution >= 4 is 10.4 Å². The van der Waals surface area contributed by atoms with Crippen molar-refractivity contribution in [3.8, 4) is 0 Å². The summed E-state index contributed by atoms with van der Waals surface area (Å²) in [4.78, 5) is 0. The molecule has 0 aliphatic rings. The Kier molecular flexibility index (Phi) is 8.85. The minimum Gasteiger partial charge on any atom is -1.00 e.